The molecular formula is C12H11NaO4S. The van der Waals surface area contributed by atoms with Gasteiger partial charge in [-0.1, -0.05) is 12.1 Å². The maximum Gasteiger partial charge on any atom is 1.00 e. The summed E-state index contributed by atoms with van der Waals surface area (Å²) in [7, 11) is -4.41. The molecular weight excluding hydrogens is 263 g/mol. The van der Waals surface area contributed by atoms with Crippen molar-refractivity contribution in [1.29, 1.82) is 0 Å². The molecule has 0 aliphatic heterocycles. The van der Waals surface area contributed by atoms with Gasteiger partial charge < -0.3 is 9.29 Å². The molecule has 0 amide bonds. The topological polar surface area (TPSA) is 66.4 Å². The van der Waals surface area contributed by atoms with Crippen molar-refractivity contribution in [2.24, 2.45) is 0 Å². The molecule has 0 aliphatic carbocycles. The molecule has 0 saturated heterocycles. The summed E-state index contributed by atoms with van der Waals surface area (Å²) in [4.78, 5) is -0.223. The third-order valence-corrected chi connectivity index (χ3v) is 3.21. The predicted molar refractivity (Wildman–Crippen MR) is 63.1 cm³/mol. The molecule has 0 atom stereocenters. The Morgan fingerprint density at radius 3 is 2.39 bits per heavy atom. The van der Waals surface area contributed by atoms with Crippen LogP contribution in [0.2, 0.25) is 0 Å². The SMILES string of the molecule is CCOc1ccc2ccc(S(=O)(=O)[O-])cc2c1.[Na+]. The van der Waals surface area contributed by atoms with Crippen molar-refractivity contribution in [1.82, 2.24) is 0 Å². The quantitative estimate of drug-likeness (QED) is 0.540. The summed E-state index contributed by atoms with van der Waals surface area (Å²) in [6, 6.07) is 9.62. The van der Waals surface area contributed by atoms with Gasteiger partial charge in [0.1, 0.15) is 15.9 Å². The molecule has 0 N–H and O–H groups in total. The van der Waals surface area contributed by atoms with Gasteiger partial charge in [-0.3, -0.25) is 0 Å². The minimum absolute atomic E-state index is 0. The third kappa shape index (κ3) is 3.46. The van der Waals surface area contributed by atoms with Gasteiger partial charge in [0.15, 0.2) is 0 Å². The minimum Gasteiger partial charge on any atom is -0.744 e. The Kier molecular flexibility index (Phi) is 5.19. The fourth-order valence-electron chi connectivity index (χ4n) is 1.61. The first-order valence-electron chi connectivity index (χ1n) is 5.13. The predicted octanol–water partition coefficient (Wildman–Crippen LogP) is -0.853. The Bertz CT molecular complexity index is 652. The molecule has 0 fully saturated rings. The second-order valence-electron chi connectivity index (χ2n) is 3.56. The second kappa shape index (κ2) is 6.04. The van der Waals surface area contributed by atoms with E-state index in [-0.39, 0.29) is 34.5 Å². The van der Waals surface area contributed by atoms with Crippen LogP contribution in [0.25, 0.3) is 10.8 Å². The van der Waals surface area contributed by atoms with E-state index in [1.165, 1.54) is 12.1 Å². The van der Waals surface area contributed by atoms with Crippen molar-refractivity contribution < 1.29 is 47.3 Å². The van der Waals surface area contributed by atoms with E-state index in [1.807, 2.05) is 13.0 Å². The summed E-state index contributed by atoms with van der Waals surface area (Å²) in [6.45, 7) is 2.40. The summed E-state index contributed by atoms with van der Waals surface area (Å²) < 4.78 is 38.0. The largest absolute Gasteiger partial charge is 1.00 e. The molecule has 0 bridgehead atoms. The Labute approximate surface area is 128 Å². The van der Waals surface area contributed by atoms with E-state index in [0.29, 0.717) is 17.7 Å². The smallest absolute Gasteiger partial charge is 0.744 e. The van der Waals surface area contributed by atoms with Crippen LogP contribution in [-0.2, 0) is 10.1 Å². The zero-order chi connectivity index (χ0) is 12.5. The molecule has 0 radical (unpaired) electrons. The molecule has 0 saturated carbocycles. The minimum atomic E-state index is -4.41. The maximum atomic E-state index is 10.9. The second-order valence-corrected chi connectivity index (χ2v) is 4.94. The average Bonchev–Trinajstić information content (AvgIpc) is 2.27. The molecule has 0 spiro atoms. The summed E-state index contributed by atoms with van der Waals surface area (Å²) in [5.74, 6) is 0.653. The molecule has 0 aliphatic rings. The van der Waals surface area contributed by atoms with E-state index >= 15 is 0 Å². The van der Waals surface area contributed by atoms with Crippen molar-refractivity contribution in [2.75, 3.05) is 6.61 Å². The van der Waals surface area contributed by atoms with Crippen LogP contribution in [0.1, 0.15) is 6.92 Å². The van der Waals surface area contributed by atoms with Gasteiger partial charge in [0.25, 0.3) is 0 Å². The Hall–Kier alpha value is -0.590. The summed E-state index contributed by atoms with van der Waals surface area (Å²) in [5, 5.41) is 1.54. The van der Waals surface area contributed by atoms with Gasteiger partial charge in [-0.25, -0.2) is 8.42 Å². The van der Waals surface area contributed by atoms with E-state index in [1.54, 1.807) is 18.2 Å². The molecule has 2 aromatic carbocycles. The first-order chi connectivity index (χ1) is 8.00. The molecule has 18 heavy (non-hydrogen) atoms. The number of hydrogen-bond donors (Lipinski definition) is 0. The number of fused-ring (bicyclic) bond motifs is 1. The zero-order valence-corrected chi connectivity index (χ0v) is 13.0. The van der Waals surface area contributed by atoms with Crippen LogP contribution < -0.4 is 34.3 Å². The van der Waals surface area contributed by atoms with Gasteiger partial charge in [0, 0.05) is 0 Å². The standard InChI is InChI=1S/C12H12O4S.Na/c1-2-16-11-5-3-9-4-6-12(17(13,14)15)8-10(9)7-11;/h3-8H,2H2,1H3,(H,13,14,15);/q;+1/p-1. The Morgan fingerprint density at radius 1 is 1.11 bits per heavy atom. The Balaban J connectivity index is 0.00000162. The van der Waals surface area contributed by atoms with Crippen LogP contribution in [0.4, 0.5) is 0 Å². The van der Waals surface area contributed by atoms with Gasteiger partial charge in [-0.2, -0.15) is 0 Å². The molecule has 90 valence electrons. The van der Waals surface area contributed by atoms with E-state index in [4.69, 9.17) is 4.74 Å². The van der Waals surface area contributed by atoms with Crippen LogP contribution in [-0.4, -0.2) is 19.6 Å². The average molecular weight is 274 g/mol. The van der Waals surface area contributed by atoms with Crippen LogP contribution in [0.3, 0.4) is 0 Å². The molecule has 2 rings (SSSR count). The first kappa shape index (κ1) is 15.5. The zero-order valence-electron chi connectivity index (χ0n) is 10.2. The molecule has 0 unspecified atom stereocenters. The molecule has 2 aromatic rings. The van der Waals surface area contributed by atoms with Gasteiger partial charge >= 0.3 is 29.6 Å². The van der Waals surface area contributed by atoms with Crippen molar-refractivity contribution in [3.05, 3.63) is 36.4 Å². The van der Waals surface area contributed by atoms with E-state index in [2.05, 4.69) is 0 Å². The van der Waals surface area contributed by atoms with E-state index < -0.39 is 10.1 Å². The van der Waals surface area contributed by atoms with Gasteiger partial charge in [-0.05, 0) is 42.0 Å². The van der Waals surface area contributed by atoms with Crippen LogP contribution in [0, 0.1) is 0 Å². The van der Waals surface area contributed by atoms with Crippen molar-refractivity contribution in [3.63, 3.8) is 0 Å². The third-order valence-electron chi connectivity index (χ3n) is 2.38. The fourth-order valence-corrected chi connectivity index (χ4v) is 2.12. The molecule has 6 heteroatoms. The molecule has 0 heterocycles. The number of ether oxygens (including phenoxy) is 1. The molecule has 4 nitrogen and oxygen atoms in total. The summed E-state index contributed by atoms with van der Waals surface area (Å²) >= 11 is 0. The van der Waals surface area contributed by atoms with Gasteiger partial charge in [-0.15, -0.1) is 0 Å². The number of hydrogen-bond acceptors (Lipinski definition) is 4. The number of rotatable bonds is 3. The fraction of sp³-hybridized carbons (Fsp3) is 0.167. The monoisotopic (exact) mass is 274 g/mol. The van der Waals surface area contributed by atoms with Gasteiger partial charge in [0.05, 0.1) is 11.5 Å². The van der Waals surface area contributed by atoms with Crippen molar-refractivity contribution in [3.8, 4) is 5.75 Å². The van der Waals surface area contributed by atoms with Crippen LogP contribution in [0.15, 0.2) is 41.3 Å². The van der Waals surface area contributed by atoms with Crippen LogP contribution in [0.5, 0.6) is 5.75 Å². The molecule has 0 aromatic heterocycles. The summed E-state index contributed by atoms with van der Waals surface area (Å²) in [5.41, 5.74) is 0. The maximum absolute atomic E-state index is 10.9. The van der Waals surface area contributed by atoms with Crippen molar-refractivity contribution >= 4 is 20.9 Å². The van der Waals surface area contributed by atoms with Gasteiger partial charge in [0.2, 0.25) is 0 Å². The van der Waals surface area contributed by atoms with E-state index in [9.17, 15) is 13.0 Å². The summed E-state index contributed by atoms with van der Waals surface area (Å²) in [6.07, 6.45) is 0. The number of benzene rings is 2. The normalized spacial score (nSPS) is 11.0. The van der Waals surface area contributed by atoms with Crippen LogP contribution >= 0.6 is 0 Å². The Morgan fingerprint density at radius 2 is 1.78 bits per heavy atom. The van der Waals surface area contributed by atoms with Crippen molar-refractivity contribution in [2.45, 2.75) is 11.8 Å². The van der Waals surface area contributed by atoms with E-state index in [0.717, 1.165) is 5.39 Å². The first-order valence-corrected chi connectivity index (χ1v) is 6.54.